The Morgan fingerprint density at radius 1 is 0.508 bits per heavy atom. The fourth-order valence-corrected chi connectivity index (χ4v) is 7.81. The van der Waals surface area contributed by atoms with E-state index in [1.54, 1.807) is 0 Å². The molecule has 1 aliphatic rings. The van der Waals surface area contributed by atoms with Crippen LogP contribution in [0.5, 0.6) is 0 Å². The van der Waals surface area contributed by atoms with Crippen LogP contribution >= 0.6 is 0 Å². The van der Waals surface area contributed by atoms with Gasteiger partial charge >= 0.3 is 0 Å². The zero-order chi connectivity index (χ0) is 42.1. The number of aryl methyl sites for hydroxylation is 1. The van der Waals surface area contributed by atoms with Gasteiger partial charge in [0.15, 0.2) is 0 Å². The summed E-state index contributed by atoms with van der Waals surface area (Å²) in [6, 6.07) is 62.7. The van der Waals surface area contributed by atoms with Gasteiger partial charge in [-0.3, -0.25) is 0 Å². The van der Waals surface area contributed by atoms with E-state index in [1.165, 1.54) is 11.1 Å². The van der Waals surface area contributed by atoms with E-state index < -0.39 is 0 Å². The summed E-state index contributed by atoms with van der Waals surface area (Å²) in [4.78, 5) is 6.90. The lowest BCUT2D eigenvalue weighted by Gasteiger charge is -2.29. The van der Waals surface area contributed by atoms with Crippen LogP contribution < -0.4 is 14.7 Å². The van der Waals surface area contributed by atoms with Gasteiger partial charge in [-0.15, -0.1) is 6.58 Å². The topological polar surface area (TPSA) is 9.72 Å². The van der Waals surface area contributed by atoms with Gasteiger partial charge in [0.2, 0.25) is 0 Å². The van der Waals surface area contributed by atoms with Crippen molar-refractivity contribution in [1.82, 2.24) is 0 Å². The Balaban J connectivity index is 1.04. The highest BCUT2D eigenvalue weighted by atomic mass is 15.2. The normalized spacial score (nSPS) is 13.1. The lowest BCUT2D eigenvalue weighted by molar-refractivity contribution is 0.812. The first-order chi connectivity index (χ1) is 29.9. The summed E-state index contributed by atoms with van der Waals surface area (Å²) < 4.78 is 0. The summed E-state index contributed by atoms with van der Waals surface area (Å²) in [5, 5.41) is 0. The first-order valence-corrected chi connectivity index (χ1v) is 20.9. The van der Waals surface area contributed by atoms with Crippen molar-refractivity contribution in [2.75, 3.05) is 14.7 Å². The van der Waals surface area contributed by atoms with Gasteiger partial charge in [0.05, 0.1) is 0 Å². The summed E-state index contributed by atoms with van der Waals surface area (Å²) in [6.07, 6.45) is 14.2. The molecule has 0 aromatic heterocycles. The molecule has 0 amide bonds. The van der Waals surface area contributed by atoms with Gasteiger partial charge in [-0.1, -0.05) is 135 Å². The Morgan fingerprint density at radius 2 is 0.918 bits per heavy atom. The molecule has 61 heavy (non-hydrogen) atoms. The molecule has 1 aliphatic carbocycles. The first-order valence-electron chi connectivity index (χ1n) is 20.9. The molecule has 0 radical (unpaired) electrons. The van der Waals surface area contributed by atoms with Crippen molar-refractivity contribution in [2.24, 2.45) is 5.92 Å². The van der Waals surface area contributed by atoms with Crippen LogP contribution in [-0.4, -0.2) is 0 Å². The molecule has 0 heterocycles. The molecular formula is C58H51N3. The van der Waals surface area contributed by atoms with Crippen molar-refractivity contribution in [3.63, 3.8) is 0 Å². The summed E-state index contributed by atoms with van der Waals surface area (Å²) in [5.41, 5.74) is 16.6. The standard InChI is InChI=1S/C58H51N3/c1-6-45-16-28-52(29-17-45)59(50-12-10-9-11-13-50)56-36-24-49(25-37-56)44(5)42-48-22-34-55(35-23-48)61(54-32-20-47(8-3)21-33-54)58-40-38-57(39-41-58)60(51-26-14-43(4)15-27-51)53-30-18-46(7-2)19-31-53/h6-16,18-41,45H,1-3,5,17,42H2,4H3. The molecule has 0 spiro atoms. The molecule has 7 aromatic rings. The Morgan fingerprint density at radius 3 is 1.36 bits per heavy atom. The maximum atomic E-state index is 4.54. The minimum Gasteiger partial charge on any atom is -0.311 e. The van der Waals surface area contributed by atoms with E-state index in [-0.39, 0.29) is 0 Å². The molecule has 3 nitrogen and oxygen atoms in total. The quantitative estimate of drug-likeness (QED) is 0.0958. The molecule has 0 saturated carbocycles. The molecule has 0 fully saturated rings. The highest BCUT2D eigenvalue weighted by Gasteiger charge is 2.18. The predicted molar refractivity (Wildman–Crippen MR) is 264 cm³/mol. The third kappa shape index (κ3) is 9.17. The third-order valence-corrected chi connectivity index (χ3v) is 11.3. The van der Waals surface area contributed by atoms with Crippen LogP contribution in [0.15, 0.2) is 232 Å². The molecule has 1 atom stereocenters. The number of hydrogen-bond acceptors (Lipinski definition) is 3. The van der Waals surface area contributed by atoms with E-state index >= 15 is 0 Å². The number of para-hydroxylation sites is 1. The second-order valence-corrected chi connectivity index (χ2v) is 15.4. The Labute approximate surface area is 362 Å². The monoisotopic (exact) mass is 789 g/mol. The first kappa shape index (κ1) is 40.2. The average molecular weight is 790 g/mol. The maximum absolute atomic E-state index is 4.54. The zero-order valence-corrected chi connectivity index (χ0v) is 34.9. The SMILES string of the molecule is C=Cc1ccc(N(c2ccc(C)cc2)c2ccc(N(c3ccc(C=C)cc3)c3ccc(CC(=C)c4ccc(N(C5=CCC(C=C)C=C5)c5ccccc5)cc4)cc3)cc2)cc1. The summed E-state index contributed by atoms with van der Waals surface area (Å²) in [7, 11) is 0. The fraction of sp³-hybridized carbons (Fsp3) is 0.0690. The van der Waals surface area contributed by atoms with Crippen LogP contribution in [0.1, 0.15) is 34.2 Å². The molecule has 8 rings (SSSR count). The summed E-state index contributed by atoms with van der Waals surface area (Å²) in [6.45, 7) is 18.6. The van der Waals surface area contributed by atoms with Gasteiger partial charge < -0.3 is 14.7 Å². The van der Waals surface area contributed by atoms with Crippen LogP contribution in [-0.2, 0) is 6.42 Å². The maximum Gasteiger partial charge on any atom is 0.0463 e. The lowest BCUT2D eigenvalue weighted by Crippen LogP contribution is -2.17. The van der Waals surface area contributed by atoms with E-state index in [0.29, 0.717) is 5.92 Å². The molecule has 298 valence electrons. The second kappa shape index (κ2) is 18.5. The molecule has 0 aliphatic heterocycles. The molecule has 0 N–H and O–H groups in total. The molecule has 7 aromatic carbocycles. The van der Waals surface area contributed by atoms with Crippen LogP contribution in [0.4, 0.5) is 45.5 Å². The second-order valence-electron chi connectivity index (χ2n) is 15.4. The van der Waals surface area contributed by atoms with Crippen molar-refractivity contribution in [2.45, 2.75) is 19.8 Å². The van der Waals surface area contributed by atoms with Crippen molar-refractivity contribution in [3.05, 3.63) is 260 Å². The van der Waals surface area contributed by atoms with E-state index in [0.717, 1.165) is 86.3 Å². The minimum absolute atomic E-state index is 0.369. The van der Waals surface area contributed by atoms with Gasteiger partial charge in [-0.25, -0.2) is 0 Å². The number of rotatable bonds is 15. The molecule has 0 bridgehead atoms. The number of nitrogens with zero attached hydrogens (tertiary/aromatic N) is 3. The third-order valence-electron chi connectivity index (χ3n) is 11.3. The predicted octanol–water partition coefficient (Wildman–Crippen LogP) is 16.3. The van der Waals surface area contributed by atoms with Gasteiger partial charge in [0.25, 0.3) is 0 Å². The molecule has 3 heteroatoms. The van der Waals surface area contributed by atoms with Crippen LogP contribution in [0.3, 0.4) is 0 Å². The number of benzene rings is 7. The van der Waals surface area contributed by atoms with Crippen LogP contribution in [0, 0.1) is 12.8 Å². The highest BCUT2D eigenvalue weighted by molar-refractivity contribution is 5.82. The van der Waals surface area contributed by atoms with Gasteiger partial charge in [0, 0.05) is 51.2 Å². The smallest absolute Gasteiger partial charge is 0.0463 e. The van der Waals surface area contributed by atoms with Crippen molar-refractivity contribution >= 4 is 63.2 Å². The number of anilines is 8. The Hall–Kier alpha value is -7.62. The van der Waals surface area contributed by atoms with Crippen LogP contribution in [0.2, 0.25) is 0 Å². The average Bonchev–Trinajstić information content (AvgIpc) is 3.32. The Kier molecular flexibility index (Phi) is 12.2. The summed E-state index contributed by atoms with van der Waals surface area (Å²) >= 11 is 0. The highest BCUT2D eigenvalue weighted by Crippen LogP contribution is 2.40. The van der Waals surface area contributed by atoms with Crippen molar-refractivity contribution < 1.29 is 0 Å². The van der Waals surface area contributed by atoms with Crippen LogP contribution in [0.25, 0.3) is 17.7 Å². The zero-order valence-electron chi connectivity index (χ0n) is 34.9. The van der Waals surface area contributed by atoms with Gasteiger partial charge in [-0.2, -0.15) is 0 Å². The molecule has 1 unspecified atom stereocenters. The number of allylic oxidation sites excluding steroid dienone is 5. The van der Waals surface area contributed by atoms with Crippen molar-refractivity contribution in [1.29, 1.82) is 0 Å². The van der Waals surface area contributed by atoms with Crippen molar-refractivity contribution in [3.8, 4) is 0 Å². The lowest BCUT2D eigenvalue weighted by atomic mass is 9.97. The van der Waals surface area contributed by atoms with Gasteiger partial charge in [0.1, 0.15) is 0 Å². The number of hydrogen-bond donors (Lipinski definition) is 0. The largest absolute Gasteiger partial charge is 0.311 e. The molecular weight excluding hydrogens is 739 g/mol. The fourth-order valence-electron chi connectivity index (χ4n) is 7.81. The van der Waals surface area contributed by atoms with E-state index in [4.69, 9.17) is 0 Å². The van der Waals surface area contributed by atoms with E-state index in [9.17, 15) is 0 Å². The minimum atomic E-state index is 0.369. The Bertz CT molecular complexity index is 2670. The van der Waals surface area contributed by atoms with Gasteiger partial charge in [-0.05, 0) is 157 Å². The summed E-state index contributed by atoms with van der Waals surface area (Å²) in [5.74, 6) is 0.369. The van der Waals surface area contributed by atoms with E-state index in [2.05, 4.69) is 242 Å². The van der Waals surface area contributed by atoms with E-state index in [1.807, 2.05) is 18.2 Å². The molecule has 0 saturated heterocycles.